The zero-order valence-corrected chi connectivity index (χ0v) is 16.6. The monoisotopic (exact) mass is 390 g/mol. The molecule has 1 aromatic heterocycles. The summed E-state index contributed by atoms with van der Waals surface area (Å²) in [5.74, 6) is -0.241. The predicted molar refractivity (Wildman–Crippen MR) is 112 cm³/mol. The number of hydrogen-bond donors (Lipinski definition) is 0. The fourth-order valence-corrected chi connectivity index (χ4v) is 3.12. The molecule has 3 rings (SSSR count). The van der Waals surface area contributed by atoms with Crippen molar-refractivity contribution in [2.45, 2.75) is 20.4 Å². The summed E-state index contributed by atoms with van der Waals surface area (Å²) in [6.07, 6.45) is 2.83. The Morgan fingerprint density at radius 3 is 2.48 bits per heavy atom. The third kappa shape index (κ3) is 4.40. The van der Waals surface area contributed by atoms with Gasteiger partial charge in [-0.3, -0.25) is 14.9 Å². The average Bonchev–Trinajstić information content (AvgIpc) is 3.01. The largest absolute Gasteiger partial charge is 0.338 e. The average molecular weight is 390 g/mol. The summed E-state index contributed by atoms with van der Waals surface area (Å²) in [7, 11) is 1.70. The fourth-order valence-electron chi connectivity index (χ4n) is 3.12. The highest BCUT2D eigenvalue weighted by Gasteiger charge is 2.16. The van der Waals surface area contributed by atoms with Gasteiger partial charge in [-0.05, 0) is 38.1 Å². The number of benzene rings is 2. The Hall–Kier alpha value is -3.74. The first-order chi connectivity index (χ1) is 13.9. The van der Waals surface area contributed by atoms with Crippen molar-refractivity contribution in [3.63, 3.8) is 0 Å². The van der Waals surface area contributed by atoms with Crippen molar-refractivity contribution in [2.75, 3.05) is 7.05 Å². The van der Waals surface area contributed by atoms with Crippen molar-refractivity contribution in [2.24, 2.45) is 0 Å². The maximum Gasteiger partial charge on any atom is 0.276 e. The Labute approximate surface area is 169 Å². The summed E-state index contributed by atoms with van der Waals surface area (Å²) in [6, 6.07) is 16.1. The first kappa shape index (κ1) is 20.0. The number of carbonyl (C=O) groups is 1. The molecule has 0 spiro atoms. The third-order valence-electron chi connectivity index (χ3n) is 4.75. The van der Waals surface area contributed by atoms with E-state index in [1.165, 1.54) is 18.2 Å². The molecular formula is C22H22N4O3. The highest BCUT2D eigenvalue weighted by atomic mass is 16.6. The molecule has 3 aromatic rings. The standard InChI is InChI=1S/C22H22N4O3/c1-16-20(17(2)25(23-16)19-10-5-4-6-11-19)15-24(3)22(27)14-13-18-9-7-8-12-21(18)26(28)29/h4-14H,15H2,1-3H3/b14-13-. The highest BCUT2D eigenvalue weighted by Crippen LogP contribution is 2.21. The summed E-state index contributed by atoms with van der Waals surface area (Å²) in [6.45, 7) is 4.29. The number of hydrogen-bond acceptors (Lipinski definition) is 4. The minimum Gasteiger partial charge on any atom is -0.338 e. The van der Waals surface area contributed by atoms with Gasteiger partial charge in [0.1, 0.15) is 0 Å². The highest BCUT2D eigenvalue weighted by molar-refractivity contribution is 5.92. The molecule has 0 aliphatic carbocycles. The number of nitro groups is 1. The van der Waals surface area contributed by atoms with E-state index in [1.54, 1.807) is 30.1 Å². The van der Waals surface area contributed by atoms with Gasteiger partial charge in [0.05, 0.1) is 21.9 Å². The molecule has 29 heavy (non-hydrogen) atoms. The summed E-state index contributed by atoms with van der Waals surface area (Å²) >= 11 is 0. The zero-order valence-electron chi connectivity index (χ0n) is 16.6. The lowest BCUT2D eigenvalue weighted by molar-refractivity contribution is -0.385. The van der Waals surface area contributed by atoms with E-state index in [9.17, 15) is 14.9 Å². The van der Waals surface area contributed by atoms with Gasteiger partial charge >= 0.3 is 0 Å². The topological polar surface area (TPSA) is 81.3 Å². The van der Waals surface area contributed by atoms with Crippen molar-refractivity contribution in [1.29, 1.82) is 0 Å². The number of amides is 1. The van der Waals surface area contributed by atoms with Crippen LogP contribution in [0.2, 0.25) is 0 Å². The first-order valence-electron chi connectivity index (χ1n) is 9.15. The smallest absolute Gasteiger partial charge is 0.276 e. The number of para-hydroxylation sites is 2. The van der Waals surface area contributed by atoms with Crippen LogP contribution in [-0.4, -0.2) is 32.6 Å². The Morgan fingerprint density at radius 1 is 1.14 bits per heavy atom. The Kier molecular flexibility index (Phi) is 5.87. The number of aromatic nitrogens is 2. The maximum atomic E-state index is 12.5. The number of nitrogens with zero attached hydrogens (tertiary/aromatic N) is 4. The van der Waals surface area contributed by atoms with Crippen LogP contribution in [-0.2, 0) is 11.3 Å². The molecule has 0 fully saturated rings. The number of carbonyl (C=O) groups excluding carboxylic acids is 1. The quantitative estimate of drug-likeness (QED) is 0.361. The second-order valence-electron chi connectivity index (χ2n) is 6.74. The summed E-state index contributed by atoms with van der Waals surface area (Å²) < 4.78 is 1.87. The molecule has 0 atom stereocenters. The Morgan fingerprint density at radius 2 is 1.79 bits per heavy atom. The van der Waals surface area contributed by atoms with Gasteiger partial charge in [-0.1, -0.05) is 30.3 Å². The number of likely N-dealkylation sites (N-methyl/N-ethyl adjacent to an activating group) is 1. The van der Waals surface area contributed by atoms with Gasteiger partial charge in [0.15, 0.2) is 0 Å². The zero-order chi connectivity index (χ0) is 21.0. The Balaban J connectivity index is 1.77. The lowest BCUT2D eigenvalue weighted by Crippen LogP contribution is -2.24. The van der Waals surface area contributed by atoms with Gasteiger partial charge in [-0.15, -0.1) is 0 Å². The van der Waals surface area contributed by atoms with Crippen molar-refractivity contribution >= 4 is 17.7 Å². The van der Waals surface area contributed by atoms with E-state index in [0.717, 1.165) is 22.6 Å². The van der Waals surface area contributed by atoms with E-state index in [1.807, 2.05) is 48.9 Å². The van der Waals surface area contributed by atoms with Crippen LogP contribution in [0, 0.1) is 24.0 Å². The molecule has 148 valence electrons. The molecule has 0 bridgehead atoms. The molecule has 1 heterocycles. The molecule has 0 aliphatic rings. The lowest BCUT2D eigenvalue weighted by Gasteiger charge is -2.15. The van der Waals surface area contributed by atoms with Gasteiger partial charge in [0.2, 0.25) is 5.91 Å². The van der Waals surface area contributed by atoms with Gasteiger partial charge in [-0.2, -0.15) is 5.10 Å². The predicted octanol–water partition coefficient (Wildman–Crippen LogP) is 4.07. The van der Waals surface area contributed by atoms with Crippen molar-refractivity contribution < 1.29 is 9.72 Å². The van der Waals surface area contributed by atoms with Crippen molar-refractivity contribution in [3.8, 4) is 5.69 Å². The molecule has 0 radical (unpaired) electrons. The second-order valence-corrected chi connectivity index (χ2v) is 6.74. The summed E-state index contributed by atoms with van der Waals surface area (Å²) in [5, 5.41) is 15.7. The minimum atomic E-state index is -0.460. The third-order valence-corrected chi connectivity index (χ3v) is 4.75. The van der Waals surface area contributed by atoms with Crippen LogP contribution in [0.4, 0.5) is 5.69 Å². The fraction of sp³-hybridized carbons (Fsp3) is 0.182. The number of nitro benzene ring substituents is 1. The molecule has 0 saturated carbocycles. The van der Waals surface area contributed by atoms with E-state index in [0.29, 0.717) is 12.1 Å². The van der Waals surface area contributed by atoms with Crippen LogP contribution >= 0.6 is 0 Å². The van der Waals surface area contributed by atoms with E-state index in [2.05, 4.69) is 5.10 Å². The molecule has 0 aliphatic heterocycles. The SMILES string of the molecule is Cc1nn(-c2ccccc2)c(C)c1CN(C)C(=O)/C=C\c1ccccc1[N+](=O)[O-]. The van der Waals surface area contributed by atoms with Gasteiger partial charge in [0, 0.05) is 37.0 Å². The molecular weight excluding hydrogens is 368 g/mol. The molecule has 0 saturated heterocycles. The van der Waals surface area contributed by atoms with Crippen LogP contribution in [0.1, 0.15) is 22.5 Å². The van der Waals surface area contributed by atoms with Crippen molar-refractivity contribution in [3.05, 3.63) is 93.3 Å². The minimum absolute atomic E-state index is 0.0324. The van der Waals surface area contributed by atoms with Crippen LogP contribution in [0.3, 0.4) is 0 Å². The van der Waals surface area contributed by atoms with Gasteiger partial charge < -0.3 is 4.90 Å². The van der Waals surface area contributed by atoms with Crippen LogP contribution in [0.25, 0.3) is 11.8 Å². The summed E-state index contributed by atoms with van der Waals surface area (Å²) in [4.78, 5) is 24.8. The van der Waals surface area contributed by atoms with Gasteiger partial charge in [0.25, 0.3) is 5.69 Å². The first-order valence-corrected chi connectivity index (χ1v) is 9.15. The molecule has 1 amide bonds. The molecule has 7 heteroatoms. The molecule has 2 aromatic carbocycles. The Bertz CT molecular complexity index is 1070. The van der Waals surface area contributed by atoms with Gasteiger partial charge in [-0.25, -0.2) is 4.68 Å². The number of aryl methyl sites for hydroxylation is 1. The van der Waals surface area contributed by atoms with Crippen LogP contribution in [0.5, 0.6) is 0 Å². The maximum absolute atomic E-state index is 12.5. The second kappa shape index (κ2) is 8.52. The molecule has 0 N–H and O–H groups in total. The van der Waals surface area contributed by atoms with Crippen LogP contribution in [0.15, 0.2) is 60.7 Å². The lowest BCUT2D eigenvalue weighted by atomic mass is 10.1. The normalized spacial score (nSPS) is 11.0. The molecule has 0 unspecified atom stereocenters. The molecule has 7 nitrogen and oxygen atoms in total. The van der Waals surface area contributed by atoms with E-state index < -0.39 is 4.92 Å². The number of rotatable bonds is 6. The van der Waals surface area contributed by atoms with E-state index >= 15 is 0 Å². The van der Waals surface area contributed by atoms with Crippen molar-refractivity contribution in [1.82, 2.24) is 14.7 Å². The van der Waals surface area contributed by atoms with Crippen LogP contribution < -0.4 is 0 Å². The summed E-state index contributed by atoms with van der Waals surface area (Å²) in [5.41, 5.74) is 4.12. The van der Waals surface area contributed by atoms with E-state index in [-0.39, 0.29) is 11.6 Å². The van der Waals surface area contributed by atoms with E-state index in [4.69, 9.17) is 0 Å².